The second-order valence-corrected chi connectivity index (χ2v) is 5.13. The van der Waals surface area contributed by atoms with E-state index in [2.05, 4.69) is 18.8 Å². The molecule has 112 valence electrons. The Kier molecular flexibility index (Phi) is 5.28. The molecule has 0 aliphatic carbocycles. The van der Waals surface area contributed by atoms with E-state index < -0.39 is 0 Å². The molecule has 0 spiro atoms. The quantitative estimate of drug-likeness (QED) is 0.888. The van der Waals surface area contributed by atoms with Crippen LogP contribution in [0.1, 0.15) is 37.0 Å². The summed E-state index contributed by atoms with van der Waals surface area (Å²) in [6.07, 6.45) is 3.57. The maximum Gasteiger partial charge on any atom is 0.254 e. The van der Waals surface area contributed by atoms with Crippen LogP contribution in [0.25, 0.3) is 10.9 Å². The maximum absolute atomic E-state index is 13.0. The standard InChI is InChI=1S/C17H23N3O/c1-3-13(4-2)20(12-10-18)17(21)15-9-11-19-16-8-6-5-7-14(15)16/h5-9,11,13H,3-4,10,12,18H2,1-2H3. The number of fused-ring (bicyclic) bond motifs is 1. The molecule has 4 nitrogen and oxygen atoms in total. The third kappa shape index (κ3) is 3.22. The van der Waals surface area contributed by atoms with Gasteiger partial charge in [-0.25, -0.2) is 0 Å². The molecular formula is C17H23N3O. The zero-order chi connectivity index (χ0) is 15.2. The van der Waals surface area contributed by atoms with E-state index in [9.17, 15) is 4.79 Å². The molecule has 2 N–H and O–H groups in total. The molecule has 0 saturated heterocycles. The number of carbonyl (C=O) groups is 1. The number of hydrogen-bond acceptors (Lipinski definition) is 3. The van der Waals surface area contributed by atoms with Gasteiger partial charge in [0.1, 0.15) is 0 Å². The van der Waals surface area contributed by atoms with Crippen molar-refractivity contribution in [2.24, 2.45) is 5.73 Å². The van der Waals surface area contributed by atoms with Crippen LogP contribution in [-0.4, -0.2) is 34.9 Å². The fraction of sp³-hybridized carbons (Fsp3) is 0.412. The summed E-state index contributed by atoms with van der Waals surface area (Å²) in [5.74, 6) is 0.0488. The van der Waals surface area contributed by atoms with Crippen LogP contribution in [0.15, 0.2) is 36.5 Å². The first kappa shape index (κ1) is 15.4. The Morgan fingerprint density at radius 1 is 1.24 bits per heavy atom. The molecule has 0 aliphatic heterocycles. The van der Waals surface area contributed by atoms with Gasteiger partial charge in [0.25, 0.3) is 5.91 Å². The van der Waals surface area contributed by atoms with Crippen molar-refractivity contribution < 1.29 is 4.79 Å². The van der Waals surface area contributed by atoms with E-state index in [4.69, 9.17) is 5.73 Å². The van der Waals surface area contributed by atoms with Crippen molar-refractivity contribution >= 4 is 16.8 Å². The van der Waals surface area contributed by atoms with Crippen LogP contribution < -0.4 is 5.73 Å². The number of para-hydroxylation sites is 1. The van der Waals surface area contributed by atoms with Gasteiger partial charge >= 0.3 is 0 Å². The van der Waals surface area contributed by atoms with Gasteiger partial charge in [-0.05, 0) is 25.0 Å². The molecule has 0 aliphatic rings. The van der Waals surface area contributed by atoms with Gasteiger partial charge in [0, 0.05) is 30.7 Å². The maximum atomic E-state index is 13.0. The summed E-state index contributed by atoms with van der Waals surface area (Å²) in [7, 11) is 0. The van der Waals surface area contributed by atoms with Crippen molar-refractivity contribution in [1.29, 1.82) is 0 Å². The molecule has 0 fully saturated rings. The molecule has 1 amide bonds. The van der Waals surface area contributed by atoms with Gasteiger partial charge in [0.15, 0.2) is 0 Å². The monoisotopic (exact) mass is 285 g/mol. The molecule has 2 aromatic rings. The van der Waals surface area contributed by atoms with Gasteiger partial charge < -0.3 is 10.6 Å². The number of nitrogens with two attached hydrogens (primary N) is 1. The number of benzene rings is 1. The highest BCUT2D eigenvalue weighted by Crippen LogP contribution is 2.20. The number of carbonyl (C=O) groups excluding carboxylic acids is 1. The Labute approximate surface area is 126 Å². The molecule has 4 heteroatoms. The third-order valence-corrected chi connectivity index (χ3v) is 3.89. The van der Waals surface area contributed by atoms with Crippen molar-refractivity contribution in [3.63, 3.8) is 0 Å². The summed E-state index contributed by atoms with van der Waals surface area (Å²) in [6.45, 7) is 5.28. The minimum atomic E-state index is 0.0488. The smallest absolute Gasteiger partial charge is 0.254 e. The summed E-state index contributed by atoms with van der Waals surface area (Å²) in [4.78, 5) is 19.2. The second-order valence-electron chi connectivity index (χ2n) is 5.13. The van der Waals surface area contributed by atoms with Gasteiger partial charge in [-0.15, -0.1) is 0 Å². The van der Waals surface area contributed by atoms with Crippen LogP contribution >= 0.6 is 0 Å². The van der Waals surface area contributed by atoms with E-state index in [1.807, 2.05) is 29.2 Å². The molecule has 0 atom stereocenters. The average molecular weight is 285 g/mol. The number of hydrogen-bond donors (Lipinski definition) is 1. The first-order chi connectivity index (χ1) is 10.2. The highest BCUT2D eigenvalue weighted by atomic mass is 16.2. The molecule has 2 rings (SSSR count). The largest absolute Gasteiger partial charge is 0.334 e. The fourth-order valence-electron chi connectivity index (χ4n) is 2.76. The van der Waals surface area contributed by atoms with Crippen LogP contribution in [0.4, 0.5) is 0 Å². The summed E-state index contributed by atoms with van der Waals surface area (Å²) in [6, 6.07) is 9.77. The van der Waals surface area contributed by atoms with E-state index in [1.54, 1.807) is 12.3 Å². The van der Waals surface area contributed by atoms with E-state index in [0.29, 0.717) is 18.7 Å². The zero-order valence-electron chi connectivity index (χ0n) is 12.7. The van der Waals surface area contributed by atoms with Gasteiger partial charge in [-0.1, -0.05) is 32.0 Å². The topological polar surface area (TPSA) is 59.2 Å². The van der Waals surface area contributed by atoms with Crippen molar-refractivity contribution in [2.45, 2.75) is 32.7 Å². The van der Waals surface area contributed by atoms with Crippen molar-refractivity contribution in [3.05, 3.63) is 42.1 Å². The average Bonchev–Trinajstić information content (AvgIpc) is 2.54. The molecule has 1 aromatic heterocycles. The first-order valence-corrected chi connectivity index (χ1v) is 7.57. The Bertz CT molecular complexity index is 603. The molecule has 0 unspecified atom stereocenters. The van der Waals surface area contributed by atoms with E-state index in [0.717, 1.165) is 23.7 Å². The molecule has 0 bridgehead atoms. The van der Waals surface area contributed by atoms with Crippen LogP contribution in [0, 0.1) is 0 Å². The van der Waals surface area contributed by atoms with Crippen LogP contribution in [-0.2, 0) is 0 Å². The van der Waals surface area contributed by atoms with Crippen molar-refractivity contribution in [2.75, 3.05) is 13.1 Å². The molecule has 0 radical (unpaired) electrons. The molecule has 1 aromatic carbocycles. The van der Waals surface area contributed by atoms with E-state index >= 15 is 0 Å². The predicted octanol–water partition coefficient (Wildman–Crippen LogP) is 2.82. The summed E-state index contributed by atoms with van der Waals surface area (Å²) < 4.78 is 0. The van der Waals surface area contributed by atoms with Crippen molar-refractivity contribution in [1.82, 2.24) is 9.88 Å². The predicted molar refractivity (Wildman–Crippen MR) is 86.2 cm³/mol. The van der Waals surface area contributed by atoms with Crippen molar-refractivity contribution in [3.8, 4) is 0 Å². The van der Waals surface area contributed by atoms with E-state index in [-0.39, 0.29) is 11.9 Å². The van der Waals surface area contributed by atoms with Gasteiger partial charge in [0.05, 0.1) is 11.1 Å². The summed E-state index contributed by atoms with van der Waals surface area (Å²) >= 11 is 0. The number of nitrogens with zero attached hydrogens (tertiary/aromatic N) is 2. The highest BCUT2D eigenvalue weighted by molar-refractivity contribution is 6.06. The number of pyridine rings is 1. The molecule has 21 heavy (non-hydrogen) atoms. The van der Waals surface area contributed by atoms with Crippen LogP contribution in [0.3, 0.4) is 0 Å². The van der Waals surface area contributed by atoms with Crippen LogP contribution in [0.2, 0.25) is 0 Å². The SMILES string of the molecule is CCC(CC)N(CCN)C(=O)c1ccnc2ccccc12. The molecule has 1 heterocycles. The molecule has 0 saturated carbocycles. The number of rotatable bonds is 6. The summed E-state index contributed by atoms with van der Waals surface area (Å²) in [5.41, 5.74) is 7.26. The lowest BCUT2D eigenvalue weighted by Gasteiger charge is -2.30. The Hall–Kier alpha value is -1.94. The lowest BCUT2D eigenvalue weighted by molar-refractivity contribution is 0.0676. The zero-order valence-corrected chi connectivity index (χ0v) is 12.7. The van der Waals surface area contributed by atoms with Gasteiger partial charge in [0.2, 0.25) is 0 Å². The lowest BCUT2D eigenvalue weighted by Crippen LogP contribution is -2.42. The number of amides is 1. The Morgan fingerprint density at radius 3 is 2.62 bits per heavy atom. The van der Waals surface area contributed by atoms with Gasteiger partial charge in [-0.3, -0.25) is 9.78 Å². The fourth-order valence-corrected chi connectivity index (χ4v) is 2.76. The van der Waals surface area contributed by atoms with Crippen LogP contribution in [0.5, 0.6) is 0 Å². The van der Waals surface area contributed by atoms with E-state index in [1.165, 1.54) is 0 Å². The normalized spacial score (nSPS) is 11.0. The third-order valence-electron chi connectivity index (χ3n) is 3.89. The lowest BCUT2D eigenvalue weighted by atomic mass is 10.0. The molecular weight excluding hydrogens is 262 g/mol. The minimum absolute atomic E-state index is 0.0488. The second kappa shape index (κ2) is 7.18. The Balaban J connectivity index is 2.43. The first-order valence-electron chi connectivity index (χ1n) is 7.57. The summed E-state index contributed by atoms with van der Waals surface area (Å²) in [5, 5.41) is 0.901. The minimum Gasteiger partial charge on any atom is -0.334 e. The highest BCUT2D eigenvalue weighted by Gasteiger charge is 2.23. The van der Waals surface area contributed by atoms with Gasteiger partial charge in [-0.2, -0.15) is 0 Å². The number of aromatic nitrogens is 1. The Morgan fingerprint density at radius 2 is 1.95 bits per heavy atom.